The van der Waals surface area contributed by atoms with E-state index in [-0.39, 0.29) is 17.6 Å². The normalized spacial score (nSPS) is 21.8. The molecule has 0 bridgehead atoms. The lowest BCUT2D eigenvalue weighted by atomic mass is 10.2. The van der Waals surface area contributed by atoms with Gasteiger partial charge in [0, 0.05) is 5.56 Å². The molecule has 1 aromatic carbocycles. The van der Waals surface area contributed by atoms with Crippen LogP contribution >= 0.6 is 11.6 Å². The number of benzene rings is 1. The van der Waals surface area contributed by atoms with E-state index in [1.807, 2.05) is 12.1 Å². The van der Waals surface area contributed by atoms with E-state index in [0.717, 1.165) is 5.56 Å². The molecule has 0 aromatic heterocycles. The molecular weight excluding hydrogens is 276 g/mol. The van der Waals surface area contributed by atoms with E-state index in [1.165, 1.54) is 0 Å². The van der Waals surface area contributed by atoms with E-state index in [0.29, 0.717) is 23.8 Å². The first kappa shape index (κ1) is 13.5. The Balaban J connectivity index is 2.23. The van der Waals surface area contributed by atoms with Crippen molar-refractivity contribution < 1.29 is 17.9 Å². The van der Waals surface area contributed by atoms with Crippen LogP contribution in [0.4, 0.5) is 0 Å². The van der Waals surface area contributed by atoms with Crippen LogP contribution in [0.3, 0.4) is 0 Å². The summed E-state index contributed by atoms with van der Waals surface area (Å²) in [7, 11) is -1.41. The number of alkyl halides is 1. The molecule has 0 aliphatic carbocycles. The molecule has 4 nitrogen and oxygen atoms in total. The molecule has 0 radical (unpaired) electrons. The highest BCUT2D eigenvalue weighted by Gasteiger charge is 2.30. The topological polar surface area (TPSA) is 52.6 Å². The van der Waals surface area contributed by atoms with E-state index < -0.39 is 9.84 Å². The Morgan fingerprint density at radius 1 is 1.44 bits per heavy atom. The summed E-state index contributed by atoms with van der Waals surface area (Å²) in [6.45, 7) is 0. The molecule has 1 aromatic rings. The summed E-state index contributed by atoms with van der Waals surface area (Å²) in [4.78, 5) is 0. The van der Waals surface area contributed by atoms with Gasteiger partial charge in [0.1, 0.15) is 6.10 Å². The fourth-order valence-corrected chi connectivity index (χ4v) is 3.78. The molecule has 2 rings (SSSR count). The third kappa shape index (κ3) is 2.90. The van der Waals surface area contributed by atoms with Crippen molar-refractivity contribution in [3.05, 3.63) is 23.8 Å². The molecule has 1 fully saturated rings. The van der Waals surface area contributed by atoms with Gasteiger partial charge in [0.15, 0.2) is 21.3 Å². The fraction of sp³-hybridized carbons (Fsp3) is 0.500. The number of hydrogen-bond donors (Lipinski definition) is 0. The minimum atomic E-state index is -2.95. The average molecular weight is 291 g/mol. The van der Waals surface area contributed by atoms with Crippen LogP contribution in [0.1, 0.15) is 12.0 Å². The third-order valence-corrected chi connectivity index (χ3v) is 4.92. The highest BCUT2D eigenvalue weighted by Crippen LogP contribution is 2.34. The zero-order chi connectivity index (χ0) is 13.2. The monoisotopic (exact) mass is 290 g/mol. The van der Waals surface area contributed by atoms with Crippen molar-refractivity contribution in [2.45, 2.75) is 18.4 Å². The summed E-state index contributed by atoms with van der Waals surface area (Å²) >= 11 is 5.85. The summed E-state index contributed by atoms with van der Waals surface area (Å²) in [5.74, 6) is 1.68. The smallest absolute Gasteiger partial charge is 0.166 e. The zero-order valence-electron chi connectivity index (χ0n) is 10.1. The van der Waals surface area contributed by atoms with Crippen molar-refractivity contribution in [1.82, 2.24) is 0 Å². The maximum absolute atomic E-state index is 11.4. The molecule has 0 saturated carbocycles. The fourth-order valence-electron chi connectivity index (χ4n) is 1.98. The Labute approximate surface area is 112 Å². The molecule has 1 aliphatic rings. The van der Waals surface area contributed by atoms with Crippen molar-refractivity contribution in [3.63, 3.8) is 0 Å². The second-order valence-electron chi connectivity index (χ2n) is 4.23. The van der Waals surface area contributed by atoms with E-state index in [4.69, 9.17) is 21.1 Å². The van der Waals surface area contributed by atoms with E-state index in [9.17, 15) is 8.42 Å². The number of sulfone groups is 1. The Morgan fingerprint density at radius 3 is 2.78 bits per heavy atom. The van der Waals surface area contributed by atoms with Crippen LogP contribution in [0.15, 0.2) is 18.2 Å². The van der Waals surface area contributed by atoms with Crippen molar-refractivity contribution in [2.75, 3.05) is 18.6 Å². The number of para-hydroxylation sites is 1. The maximum atomic E-state index is 11.4. The molecule has 1 heterocycles. The number of rotatable bonds is 4. The minimum absolute atomic E-state index is 0.0623. The van der Waals surface area contributed by atoms with Crippen molar-refractivity contribution >= 4 is 21.4 Å². The van der Waals surface area contributed by atoms with Gasteiger partial charge in [-0.3, -0.25) is 0 Å². The number of ether oxygens (including phenoxy) is 2. The van der Waals surface area contributed by atoms with Gasteiger partial charge in [-0.2, -0.15) is 0 Å². The largest absolute Gasteiger partial charge is 0.493 e. The van der Waals surface area contributed by atoms with Gasteiger partial charge < -0.3 is 9.47 Å². The van der Waals surface area contributed by atoms with E-state index in [2.05, 4.69) is 0 Å². The standard InChI is InChI=1S/C12H15ClO4S/c1-16-11-4-2-3-9(7-13)12(11)17-10-5-6-18(14,15)8-10/h2-4,10H,5-8H2,1H3. The second-order valence-corrected chi connectivity index (χ2v) is 6.72. The van der Waals surface area contributed by atoms with Gasteiger partial charge in [0.25, 0.3) is 0 Å². The lowest BCUT2D eigenvalue weighted by Crippen LogP contribution is -2.18. The Hall–Kier alpha value is -0.940. The molecule has 18 heavy (non-hydrogen) atoms. The minimum Gasteiger partial charge on any atom is -0.493 e. The Bertz CT molecular complexity index is 505. The molecule has 1 aliphatic heterocycles. The molecule has 6 heteroatoms. The first-order valence-electron chi connectivity index (χ1n) is 5.64. The Morgan fingerprint density at radius 2 is 2.22 bits per heavy atom. The second kappa shape index (κ2) is 5.36. The molecule has 0 amide bonds. The highest BCUT2D eigenvalue weighted by molar-refractivity contribution is 7.91. The lowest BCUT2D eigenvalue weighted by molar-refractivity contribution is 0.216. The van der Waals surface area contributed by atoms with Gasteiger partial charge >= 0.3 is 0 Å². The SMILES string of the molecule is COc1cccc(CCl)c1OC1CCS(=O)(=O)C1. The zero-order valence-corrected chi connectivity index (χ0v) is 11.6. The molecule has 1 atom stereocenters. The van der Waals surface area contributed by atoms with Gasteiger partial charge in [-0.1, -0.05) is 12.1 Å². The molecule has 0 N–H and O–H groups in total. The first-order valence-corrected chi connectivity index (χ1v) is 8.00. The quantitative estimate of drug-likeness (QED) is 0.796. The number of halogens is 1. The summed E-state index contributed by atoms with van der Waals surface area (Å²) in [6.07, 6.45) is 0.204. The molecule has 1 unspecified atom stereocenters. The maximum Gasteiger partial charge on any atom is 0.166 e. The van der Waals surface area contributed by atoms with Gasteiger partial charge in [-0.15, -0.1) is 11.6 Å². The van der Waals surface area contributed by atoms with Crippen LogP contribution in [0, 0.1) is 0 Å². The lowest BCUT2D eigenvalue weighted by Gasteiger charge is -2.17. The number of methoxy groups -OCH3 is 1. The summed E-state index contributed by atoms with van der Waals surface area (Å²) < 4.78 is 33.8. The van der Waals surface area contributed by atoms with Crippen LogP contribution in [-0.4, -0.2) is 33.1 Å². The molecule has 100 valence electrons. The van der Waals surface area contributed by atoms with Gasteiger partial charge in [0.2, 0.25) is 0 Å². The van der Waals surface area contributed by atoms with Crippen LogP contribution in [0.25, 0.3) is 0 Å². The predicted octanol–water partition coefficient (Wildman–Crippen LogP) is 2.00. The third-order valence-electron chi connectivity index (χ3n) is 2.90. The van der Waals surface area contributed by atoms with Crippen LogP contribution < -0.4 is 9.47 Å². The van der Waals surface area contributed by atoms with E-state index >= 15 is 0 Å². The van der Waals surface area contributed by atoms with Gasteiger partial charge in [0.05, 0.1) is 24.5 Å². The summed E-state index contributed by atoms with van der Waals surface area (Å²) in [5, 5.41) is 0. The molecule has 0 spiro atoms. The molecular formula is C12H15ClO4S. The van der Waals surface area contributed by atoms with Crippen molar-refractivity contribution in [2.24, 2.45) is 0 Å². The Kier molecular flexibility index (Phi) is 4.02. The first-order chi connectivity index (χ1) is 8.55. The summed E-state index contributed by atoms with van der Waals surface area (Å²) in [5.41, 5.74) is 0.806. The number of hydrogen-bond acceptors (Lipinski definition) is 4. The van der Waals surface area contributed by atoms with Crippen LogP contribution in [0.5, 0.6) is 11.5 Å². The van der Waals surface area contributed by atoms with Crippen LogP contribution in [0.2, 0.25) is 0 Å². The van der Waals surface area contributed by atoms with Crippen LogP contribution in [-0.2, 0) is 15.7 Å². The predicted molar refractivity (Wildman–Crippen MR) is 70.2 cm³/mol. The molecule has 1 saturated heterocycles. The van der Waals surface area contributed by atoms with Gasteiger partial charge in [-0.05, 0) is 12.5 Å². The highest BCUT2D eigenvalue weighted by atomic mass is 35.5. The summed E-state index contributed by atoms with van der Waals surface area (Å²) in [6, 6.07) is 5.44. The van der Waals surface area contributed by atoms with Crippen molar-refractivity contribution in [3.8, 4) is 11.5 Å². The van der Waals surface area contributed by atoms with E-state index in [1.54, 1.807) is 13.2 Å². The van der Waals surface area contributed by atoms with Gasteiger partial charge in [-0.25, -0.2) is 8.42 Å². The average Bonchev–Trinajstić information content (AvgIpc) is 2.69. The van der Waals surface area contributed by atoms with Crippen molar-refractivity contribution in [1.29, 1.82) is 0 Å².